The first-order valence-electron chi connectivity index (χ1n) is 6.86. The number of carbonyl (C=O) groups excluding carboxylic acids is 1. The van der Waals surface area contributed by atoms with Gasteiger partial charge >= 0.3 is 0 Å². The van der Waals surface area contributed by atoms with Gasteiger partial charge in [-0.15, -0.1) is 0 Å². The van der Waals surface area contributed by atoms with Crippen LogP contribution in [0.2, 0.25) is 0 Å². The van der Waals surface area contributed by atoms with Crippen LogP contribution < -0.4 is 10.1 Å². The van der Waals surface area contributed by atoms with Gasteiger partial charge in [0.2, 0.25) is 0 Å². The summed E-state index contributed by atoms with van der Waals surface area (Å²) in [6.45, 7) is 7.65. The van der Waals surface area contributed by atoms with Gasteiger partial charge in [-0.25, -0.2) is 0 Å². The van der Waals surface area contributed by atoms with Gasteiger partial charge in [-0.05, 0) is 44.0 Å². The molecular formula is C15H22N2O2. The van der Waals surface area contributed by atoms with Gasteiger partial charge in [0.15, 0.2) is 6.61 Å². The van der Waals surface area contributed by atoms with Crippen molar-refractivity contribution < 1.29 is 9.53 Å². The highest BCUT2D eigenvalue weighted by Gasteiger charge is 2.16. The summed E-state index contributed by atoms with van der Waals surface area (Å²) >= 11 is 0. The first kappa shape index (κ1) is 13.9. The van der Waals surface area contributed by atoms with Crippen molar-refractivity contribution in [2.24, 2.45) is 0 Å². The van der Waals surface area contributed by atoms with Crippen molar-refractivity contribution in [3.05, 3.63) is 29.3 Å². The van der Waals surface area contributed by atoms with Gasteiger partial charge in [0.1, 0.15) is 5.75 Å². The van der Waals surface area contributed by atoms with Crippen molar-refractivity contribution in [2.75, 3.05) is 32.8 Å². The Kier molecular flexibility index (Phi) is 4.80. The molecule has 1 aliphatic heterocycles. The summed E-state index contributed by atoms with van der Waals surface area (Å²) < 4.78 is 5.66. The third kappa shape index (κ3) is 3.70. The maximum absolute atomic E-state index is 12.1. The summed E-state index contributed by atoms with van der Waals surface area (Å²) in [6.07, 6.45) is 1.01. The molecule has 1 fully saturated rings. The third-order valence-corrected chi connectivity index (χ3v) is 3.60. The van der Waals surface area contributed by atoms with Gasteiger partial charge in [0.05, 0.1) is 0 Å². The van der Waals surface area contributed by atoms with Crippen LogP contribution in [0.1, 0.15) is 17.5 Å². The van der Waals surface area contributed by atoms with Gasteiger partial charge in [0, 0.05) is 19.6 Å². The van der Waals surface area contributed by atoms with E-state index in [1.807, 2.05) is 36.9 Å². The minimum Gasteiger partial charge on any atom is -0.483 e. The minimum atomic E-state index is 0.0737. The second kappa shape index (κ2) is 6.57. The van der Waals surface area contributed by atoms with Crippen molar-refractivity contribution in [2.45, 2.75) is 20.3 Å². The van der Waals surface area contributed by atoms with Crippen LogP contribution in [0.25, 0.3) is 0 Å². The van der Waals surface area contributed by atoms with Gasteiger partial charge < -0.3 is 15.0 Å². The highest BCUT2D eigenvalue weighted by molar-refractivity contribution is 5.77. The zero-order valence-corrected chi connectivity index (χ0v) is 11.7. The Labute approximate surface area is 114 Å². The maximum Gasteiger partial charge on any atom is 0.260 e. The largest absolute Gasteiger partial charge is 0.483 e. The lowest BCUT2D eigenvalue weighted by atomic mass is 10.1. The van der Waals surface area contributed by atoms with Gasteiger partial charge in [-0.3, -0.25) is 4.79 Å². The lowest BCUT2D eigenvalue weighted by molar-refractivity contribution is -0.133. The highest BCUT2D eigenvalue weighted by Crippen LogP contribution is 2.20. The molecule has 0 bridgehead atoms. The Morgan fingerprint density at radius 2 is 2.16 bits per heavy atom. The van der Waals surface area contributed by atoms with E-state index in [9.17, 15) is 4.79 Å². The molecule has 1 N–H and O–H groups in total. The third-order valence-electron chi connectivity index (χ3n) is 3.60. The molecule has 2 rings (SSSR count). The number of amides is 1. The number of benzene rings is 1. The van der Waals surface area contributed by atoms with E-state index in [1.165, 1.54) is 5.56 Å². The Balaban J connectivity index is 1.90. The molecule has 0 spiro atoms. The van der Waals surface area contributed by atoms with Crippen LogP contribution in [0, 0.1) is 13.8 Å². The van der Waals surface area contributed by atoms with Crippen molar-refractivity contribution >= 4 is 5.91 Å². The number of nitrogens with one attached hydrogen (secondary N) is 1. The number of ether oxygens (including phenoxy) is 1. The molecule has 1 aromatic carbocycles. The first-order valence-corrected chi connectivity index (χ1v) is 6.86. The molecule has 1 heterocycles. The fourth-order valence-electron chi connectivity index (χ4n) is 2.21. The molecule has 104 valence electrons. The zero-order chi connectivity index (χ0) is 13.7. The standard InChI is InChI=1S/C15H22N2O2/c1-12-5-3-6-14(13(12)2)19-11-15(18)17-9-4-7-16-8-10-17/h3,5-6,16H,4,7-11H2,1-2H3. The predicted molar refractivity (Wildman–Crippen MR) is 75.5 cm³/mol. The lowest BCUT2D eigenvalue weighted by Crippen LogP contribution is -2.37. The van der Waals surface area contributed by atoms with E-state index >= 15 is 0 Å². The molecule has 0 radical (unpaired) electrons. The summed E-state index contributed by atoms with van der Waals surface area (Å²) in [4.78, 5) is 14.0. The number of rotatable bonds is 3. The van der Waals surface area contributed by atoms with E-state index < -0.39 is 0 Å². The number of carbonyl (C=O) groups is 1. The summed E-state index contributed by atoms with van der Waals surface area (Å²) in [5.41, 5.74) is 2.29. The average Bonchev–Trinajstić information content (AvgIpc) is 2.69. The fraction of sp³-hybridized carbons (Fsp3) is 0.533. The SMILES string of the molecule is Cc1cccc(OCC(=O)N2CCCNCC2)c1C. The quantitative estimate of drug-likeness (QED) is 0.897. The van der Waals surface area contributed by atoms with Crippen LogP contribution in [0.5, 0.6) is 5.75 Å². The number of hydrogen-bond donors (Lipinski definition) is 1. The Morgan fingerprint density at radius 3 is 3.00 bits per heavy atom. The predicted octanol–water partition coefficient (Wildman–Crippen LogP) is 1.50. The Bertz CT molecular complexity index is 438. The van der Waals surface area contributed by atoms with E-state index in [1.54, 1.807) is 0 Å². The molecule has 0 unspecified atom stereocenters. The summed E-state index contributed by atoms with van der Waals surface area (Å²) in [5.74, 6) is 0.880. The van der Waals surface area contributed by atoms with Crippen LogP contribution in [0.4, 0.5) is 0 Å². The van der Waals surface area contributed by atoms with Crippen LogP contribution in [0.3, 0.4) is 0 Å². The normalized spacial score (nSPS) is 16.0. The van der Waals surface area contributed by atoms with Gasteiger partial charge in [-0.2, -0.15) is 0 Å². The van der Waals surface area contributed by atoms with Gasteiger partial charge in [-0.1, -0.05) is 12.1 Å². The highest BCUT2D eigenvalue weighted by atomic mass is 16.5. The van der Waals surface area contributed by atoms with Crippen molar-refractivity contribution in [3.63, 3.8) is 0 Å². The molecule has 4 heteroatoms. The van der Waals surface area contributed by atoms with E-state index in [4.69, 9.17) is 4.74 Å². The summed E-state index contributed by atoms with van der Waals surface area (Å²) in [5, 5.41) is 3.29. The summed E-state index contributed by atoms with van der Waals surface area (Å²) in [7, 11) is 0. The second-order valence-electron chi connectivity index (χ2n) is 4.97. The number of aryl methyl sites for hydroxylation is 1. The molecule has 0 aliphatic carbocycles. The maximum atomic E-state index is 12.1. The van der Waals surface area contributed by atoms with E-state index in [0.29, 0.717) is 0 Å². The van der Waals surface area contributed by atoms with Crippen LogP contribution in [-0.2, 0) is 4.79 Å². The molecule has 0 aromatic heterocycles. The van der Waals surface area contributed by atoms with Crippen molar-refractivity contribution in [1.29, 1.82) is 0 Å². The zero-order valence-electron chi connectivity index (χ0n) is 11.7. The van der Waals surface area contributed by atoms with E-state index in [-0.39, 0.29) is 12.5 Å². The van der Waals surface area contributed by atoms with Crippen LogP contribution in [0.15, 0.2) is 18.2 Å². The molecule has 0 atom stereocenters. The topological polar surface area (TPSA) is 41.6 Å². The van der Waals surface area contributed by atoms with E-state index in [0.717, 1.165) is 43.9 Å². The molecule has 1 amide bonds. The summed E-state index contributed by atoms with van der Waals surface area (Å²) in [6, 6.07) is 5.92. The Hall–Kier alpha value is -1.55. The molecule has 4 nitrogen and oxygen atoms in total. The molecular weight excluding hydrogens is 240 g/mol. The molecule has 19 heavy (non-hydrogen) atoms. The minimum absolute atomic E-state index is 0.0737. The lowest BCUT2D eigenvalue weighted by Gasteiger charge is -2.20. The fourth-order valence-corrected chi connectivity index (χ4v) is 2.21. The van der Waals surface area contributed by atoms with E-state index in [2.05, 4.69) is 5.32 Å². The van der Waals surface area contributed by atoms with Crippen molar-refractivity contribution in [1.82, 2.24) is 10.2 Å². The average molecular weight is 262 g/mol. The molecule has 1 aliphatic rings. The monoisotopic (exact) mass is 262 g/mol. The van der Waals surface area contributed by atoms with Gasteiger partial charge in [0.25, 0.3) is 5.91 Å². The molecule has 0 saturated carbocycles. The number of hydrogen-bond acceptors (Lipinski definition) is 3. The first-order chi connectivity index (χ1) is 9.18. The molecule has 1 aromatic rings. The molecule has 1 saturated heterocycles. The van der Waals surface area contributed by atoms with Crippen molar-refractivity contribution in [3.8, 4) is 5.75 Å². The number of nitrogens with zero attached hydrogens (tertiary/aromatic N) is 1. The van der Waals surface area contributed by atoms with Crippen LogP contribution >= 0.6 is 0 Å². The second-order valence-corrected chi connectivity index (χ2v) is 4.97. The smallest absolute Gasteiger partial charge is 0.260 e. The Morgan fingerprint density at radius 1 is 1.32 bits per heavy atom. The van der Waals surface area contributed by atoms with Crippen LogP contribution in [-0.4, -0.2) is 43.6 Å².